The van der Waals surface area contributed by atoms with Gasteiger partial charge in [0, 0.05) is 5.69 Å². The van der Waals surface area contributed by atoms with E-state index in [9.17, 15) is 4.39 Å². The molecule has 1 unspecified atom stereocenters. The Morgan fingerprint density at radius 3 is 2.63 bits per heavy atom. The summed E-state index contributed by atoms with van der Waals surface area (Å²) >= 11 is 5.71. The number of anilines is 1. The van der Waals surface area contributed by atoms with Gasteiger partial charge in [0.25, 0.3) is 0 Å². The third-order valence-electron chi connectivity index (χ3n) is 2.59. The maximum absolute atomic E-state index is 13.0. The molecule has 0 saturated carbocycles. The van der Waals surface area contributed by atoms with Crippen LogP contribution in [0.5, 0.6) is 5.75 Å². The van der Waals surface area contributed by atoms with E-state index in [1.54, 1.807) is 12.1 Å². The Hall–Kier alpha value is -1.74. The first-order valence-corrected chi connectivity index (χ1v) is 6.43. The molecule has 0 aliphatic heterocycles. The fraction of sp³-hybridized carbons (Fsp3) is 0.200. The van der Waals surface area contributed by atoms with Crippen LogP contribution in [0.1, 0.15) is 6.92 Å². The van der Waals surface area contributed by atoms with E-state index in [0.29, 0.717) is 6.54 Å². The smallest absolute Gasteiger partial charge is 0.141 e. The third-order valence-corrected chi connectivity index (χ3v) is 2.88. The Kier molecular flexibility index (Phi) is 4.63. The van der Waals surface area contributed by atoms with E-state index in [0.717, 1.165) is 11.4 Å². The number of nitrogens with one attached hydrogen (secondary N) is 1. The average molecular weight is 280 g/mol. The summed E-state index contributed by atoms with van der Waals surface area (Å²) in [6, 6.07) is 14.2. The Labute approximate surface area is 117 Å². The zero-order valence-corrected chi connectivity index (χ0v) is 11.3. The predicted molar refractivity (Wildman–Crippen MR) is 76.4 cm³/mol. The molecule has 0 heterocycles. The SMILES string of the molecule is CC(CNc1ccc(F)c(Cl)c1)Oc1ccccc1. The van der Waals surface area contributed by atoms with Crippen molar-refractivity contribution in [2.24, 2.45) is 0 Å². The van der Waals surface area contributed by atoms with E-state index < -0.39 is 5.82 Å². The summed E-state index contributed by atoms with van der Waals surface area (Å²) in [5, 5.41) is 3.27. The van der Waals surface area contributed by atoms with Crippen LogP contribution >= 0.6 is 11.6 Å². The quantitative estimate of drug-likeness (QED) is 0.878. The van der Waals surface area contributed by atoms with Gasteiger partial charge in [-0.25, -0.2) is 4.39 Å². The fourth-order valence-corrected chi connectivity index (χ4v) is 1.82. The first kappa shape index (κ1) is 13.7. The molecule has 0 aromatic heterocycles. The molecule has 1 N–H and O–H groups in total. The largest absolute Gasteiger partial charge is 0.489 e. The summed E-state index contributed by atoms with van der Waals surface area (Å²) in [6.07, 6.45) is -0.00812. The second-order valence-corrected chi connectivity index (χ2v) is 4.66. The molecule has 0 aliphatic rings. The zero-order chi connectivity index (χ0) is 13.7. The van der Waals surface area contributed by atoms with Crippen molar-refractivity contribution in [3.05, 3.63) is 59.4 Å². The molecule has 0 spiro atoms. The van der Waals surface area contributed by atoms with Gasteiger partial charge in [-0.2, -0.15) is 0 Å². The molecule has 0 aliphatic carbocycles. The highest BCUT2D eigenvalue weighted by atomic mass is 35.5. The van der Waals surface area contributed by atoms with Crippen LogP contribution in [0.4, 0.5) is 10.1 Å². The minimum atomic E-state index is -0.416. The summed E-state index contributed by atoms with van der Waals surface area (Å²) in [5.74, 6) is 0.412. The summed E-state index contributed by atoms with van der Waals surface area (Å²) < 4.78 is 18.7. The zero-order valence-electron chi connectivity index (χ0n) is 10.6. The molecule has 2 nitrogen and oxygen atoms in total. The molecule has 100 valence electrons. The lowest BCUT2D eigenvalue weighted by Crippen LogP contribution is -2.22. The maximum atomic E-state index is 13.0. The summed E-state index contributed by atoms with van der Waals surface area (Å²) in [6.45, 7) is 2.57. The standard InChI is InChI=1S/C15H15ClFNO/c1-11(19-13-5-3-2-4-6-13)10-18-12-7-8-15(17)14(16)9-12/h2-9,11,18H,10H2,1H3. The van der Waals surface area contributed by atoms with E-state index in [1.807, 2.05) is 37.3 Å². The first-order chi connectivity index (χ1) is 9.15. The van der Waals surface area contributed by atoms with Gasteiger partial charge in [0.2, 0.25) is 0 Å². The average Bonchev–Trinajstić information content (AvgIpc) is 2.41. The summed E-state index contributed by atoms with van der Waals surface area (Å²) in [4.78, 5) is 0. The Bertz CT molecular complexity index is 533. The van der Waals surface area contributed by atoms with E-state index in [1.165, 1.54) is 6.07 Å². The molecule has 0 saturated heterocycles. The second-order valence-electron chi connectivity index (χ2n) is 4.25. The topological polar surface area (TPSA) is 21.3 Å². The van der Waals surface area contributed by atoms with Crippen LogP contribution in [0, 0.1) is 5.82 Å². The molecule has 0 radical (unpaired) electrons. The molecule has 0 amide bonds. The van der Waals surface area contributed by atoms with Gasteiger partial charge in [0.15, 0.2) is 0 Å². The number of para-hydroxylation sites is 1. The predicted octanol–water partition coefficient (Wildman–Crippen LogP) is 4.36. The van der Waals surface area contributed by atoms with E-state index in [4.69, 9.17) is 16.3 Å². The molecule has 4 heteroatoms. The molecule has 2 aromatic carbocycles. The summed E-state index contributed by atoms with van der Waals surface area (Å²) in [5.41, 5.74) is 0.773. The van der Waals surface area contributed by atoms with Crippen LogP contribution in [0.2, 0.25) is 5.02 Å². The Morgan fingerprint density at radius 2 is 1.95 bits per heavy atom. The van der Waals surface area contributed by atoms with Gasteiger partial charge in [-0.3, -0.25) is 0 Å². The van der Waals surface area contributed by atoms with Crippen molar-refractivity contribution in [1.82, 2.24) is 0 Å². The van der Waals surface area contributed by atoms with Gasteiger partial charge in [-0.15, -0.1) is 0 Å². The lowest BCUT2D eigenvalue weighted by molar-refractivity contribution is 0.235. The van der Waals surface area contributed by atoms with Crippen LogP contribution < -0.4 is 10.1 Å². The van der Waals surface area contributed by atoms with Gasteiger partial charge < -0.3 is 10.1 Å². The van der Waals surface area contributed by atoms with E-state index >= 15 is 0 Å². The highest BCUT2D eigenvalue weighted by Crippen LogP contribution is 2.19. The number of halogens is 2. The lowest BCUT2D eigenvalue weighted by atomic mass is 10.3. The number of benzene rings is 2. The van der Waals surface area contributed by atoms with Crippen molar-refractivity contribution in [2.75, 3.05) is 11.9 Å². The molecular weight excluding hydrogens is 265 g/mol. The van der Waals surface area contributed by atoms with Crippen LogP contribution in [0.15, 0.2) is 48.5 Å². The van der Waals surface area contributed by atoms with Gasteiger partial charge >= 0.3 is 0 Å². The lowest BCUT2D eigenvalue weighted by Gasteiger charge is -2.16. The molecular formula is C15H15ClFNO. The van der Waals surface area contributed by atoms with Crippen LogP contribution in [0.25, 0.3) is 0 Å². The normalized spacial score (nSPS) is 11.9. The van der Waals surface area contributed by atoms with Crippen molar-refractivity contribution in [1.29, 1.82) is 0 Å². The number of hydrogen-bond donors (Lipinski definition) is 1. The van der Waals surface area contributed by atoms with Crippen LogP contribution in [-0.2, 0) is 0 Å². The fourth-order valence-electron chi connectivity index (χ4n) is 1.64. The van der Waals surface area contributed by atoms with Crippen molar-refractivity contribution in [3.8, 4) is 5.75 Å². The summed E-state index contributed by atoms with van der Waals surface area (Å²) in [7, 11) is 0. The van der Waals surface area contributed by atoms with Crippen molar-refractivity contribution in [3.63, 3.8) is 0 Å². The van der Waals surface area contributed by atoms with E-state index in [-0.39, 0.29) is 11.1 Å². The number of rotatable bonds is 5. The van der Waals surface area contributed by atoms with Crippen molar-refractivity contribution in [2.45, 2.75) is 13.0 Å². The van der Waals surface area contributed by atoms with Gasteiger partial charge in [-0.1, -0.05) is 29.8 Å². The monoisotopic (exact) mass is 279 g/mol. The van der Waals surface area contributed by atoms with Crippen molar-refractivity contribution >= 4 is 17.3 Å². The number of ether oxygens (including phenoxy) is 1. The van der Waals surface area contributed by atoms with Crippen LogP contribution in [0.3, 0.4) is 0 Å². The Morgan fingerprint density at radius 1 is 1.21 bits per heavy atom. The molecule has 1 atom stereocenters. The molecule has 0 bridgehead atoms. The highest BCUT2D eigenvalue weighted by Gasteiger charge is 2.05. The molecule has 2 aromatic rings. The van der Waals surface area contributed by atoms with Gasteiger partial charge in [0.05, 0.1) is 11.6 Å². The molecule has 2 rings (SSSR count). The first-order valence-electron chi connectivity index (χ1n) is 6.06. The number of hydrogen-bond acceptors (Lipinski definition) is 2. The molecule has 19 heavy (non-hydrogen) atoms. The maximum Gasteiger partial charge on any atom is 0.141 e. The van der Waals surface area contributed by atoms with Crippen molar-refractivity contribution < 1.29 is 9.13 Å². The Balaban J connectivity index is 1.86. The van der Waals surface area contributed by atoms with E-state index in [2.05, 4.69) is 5.32 Å². The highest BCUT2D eigenvalue weighted by molar-refractivity contribution is 6.31. The minimum absolute atomic E-state index is 0.00812. The minimum Gasteiger partial charge on any atom is -0.489 e. The van der Waals surface area contributed by atoms with Gasteiger partial charge in [0.1, 0.15) is 17.7 Å². The molecule has 0 fully saturated rings. The van der Waals surface area contributed by atoms with Gasteiger partial charge in [-0.05, 0) is 37.3 Å². The van der Waals surface area contributed by atoms with Crippen LogP contribution in [-0.4, -0.2) is 12.6 Å². The second kappa shape index (κ2) is 6.43. The third kappa shape index (κ3) is 4.14.